The molecule has 1 heterocycles. The van der Waals surface area contributed by atoms with Crippen molar-refractivity contribution in [1.29, 1.82) is 0 Å². The van der Waals surface area contributed by atoms with Crippen molar-refractivity contribution < 1.29 is 20.1 Å². The molecule has 0 aromatic rings. The lowest BCUT2D eigenvalue weighted by atomic mass is 10.1. The standard InChI is InChI=1S/C6H12O4/c7-4-6(9)2-1-5(8)3-10-6/h5,7-9H,1-4H2. The highest BCUT2D eigenvalue weighted by atomic mass is 16.6. The molecule has 1 fully saturated rings. The second-order valence-electron chi connectivity index (χ2n) is 2.61. The van der Waals surface area contributed by atoms with Crippen LogP contribution < -0.4 is 0 Å². The minimum absolute atomic E-state index is 0.108. The van der Waals surface area contributed by atoms with E-state index in [1.165, 1.54) is 0 Å². The highest BCUT2D eigenvalue weighted by molar-refractivity contribution is 4.74. The van der Waals surface area contributed by atoms with Crippen LogP contribution in [0.2, 0.25) is 0 Å². The van der Waals surface area contributed by atoms with E-state index in [0.29, 0.717) is 12.8 Å². The zero-order valence-corrected chi connectivity index (χ0v) is 5.66. The van der Waals surface area contributed by atoms with Crippen molar-refractivity contribution in [2.24, 2.45) is 0 Å². The van der Waals surface area contributed by atoms with Gasteiger partial charge in [-0.25, -0.2) is 0 Å². The first-order chi connectivity index (χ1) is 4.66. The zero-order chi connectivity index (χ0) is 7.61. The maximum absolute atomic E-state index is 9.21. The van der Waals surface area contributed by atoms with E-state index >= 15 is 0 Å². The van der Waals surface area contributed by atoms with Crippen LogP contribution in [0.3, 0.4) is 0 Å². The Balaban J connectivity index is 2.38. The fourth-order valence-electron chi connectivity index (χ4n) is 0.924. The van der Waals surface area contributed by atoms with Crippen LogP contribution in [0.4, 0.5) is 0 Å². The van der Waals surface area contributed by atoms with Gasteiger partial charge in [0, 0.05) is 6.42 Å². The van der Waals surface area contributed by atoms with Gasteiger partial charge in [0.15, 0.2) is 5.79 Å². The Labute approximate surface area is 59.1 Å². The van der Waals surface area contributed by atoms with Gasteiger partial charge in [0.25, 0.3) is 0 Å². The van der Waals surface area contributed by atoms with Gasteiger partial charge in [0.1, 0.15) is 0 Å². The molecule has 0 spiro atoms. The molecule has 1 saturated heterocycles. The smallest absolute Gasteiger partial charge is 0.189 e. The van der Waals surface area contributed by atoms with Gasteiger partial charge in [-0.15, -0.1) is 0 Å². The molecule has 2 unspecified atom stereocenters. The number of ether oxygens (including phenoxy) is 1. The molecule has 0 aliphatic carbocycles. The van der Waals surface area contributed by atoms with Gasteiger partial charge in [-0.1, -0.05) is 0 Å². The summed E-state index contributed by atoms with van der Waals surface area (Å²) in [7, 11) is 0. The minimum Gasteiger partial charge on any atom is -0.391 e. The zero-order valence-electron chi connectivity index (χ0n) is 5.66. The van der Waals surface area contributed by atoms with E-state index in [1.807, 2.05) is 0 Å². The Hall–Kier alpha value is -0.160. The molecule has 0 aromatic heterocycles. The summed E-state index contributed by atoms with van der Waals surface area (Å²) in [6, 6.07) is 0. The molecule has 4 nitrogen and oxygen atoms in total. The first kappa shape index (κ1) is 7.94. The number of rotatable bonds is 1. The van der Waals surface area contributed by atoms with Gasteiger partial charge in [-0.3, -0.25) is 0 Å². The van der Waals surface area contributed by atoms with Crippen molar-refractivity contribution in [3.05, 3.63) is 0 Å². The van der Waals surface area contributed by atoms with Crippen molar-refractivity contribution >= 4 is 0 Å². The fourth-order valence-corrected chi connectivity index (χ4v) is 0.924. The van der Waals surface area contributed by atoms with E-state index < -0.39 is 18.5 Å². The van der Waals surface area contributed by atoms with Crippen LogP contribution >= 0.6 is 0 Å². The van der Waals surface area contributed by atoms with Gasteiger partial charge in [0.2, 0.25) is 0 Å². The number of aliphatic hydroxyl groups excluding tert-OH is 2. The summed E-state index contributed by atoms with van der Waals surface area (Å²) in [5.74, 6) is -1.40. The molecule has 0 radical (unpaired) electrons. The average molecular weight is 148 g/mol. The van der Waals surface area contributed by atoms with Gasteiger partial charge in [-0.05, 0) is 6.42 Å². The van der Waals surface area contributed by atoms with Crippen LogP contribution in [0.1, 0.15) is 12.8 Å². The molecule has 4 heteroatoms. The minimum atomic E-state index is -1.40. The molecule has 3 N–H and O–H groups in total. The molecule has 60 valence electrons. The Kier molecular flexibility index (Phi) is 2.25. The lowest BCUT2D eigenvalue weighted by Crippen LogP contribution is -2.43. The third-order valence-electron chi connectivity index (χ3n) is 1.66. The maximum Gasteiger partial charge on any atom is 0.189 e. The predicted octanol–water partition coefficient (Wildman–Crippen LogP) is -1.16. The van der Waals surface area contributed by atoms with Crippen molar-refractivity contribution in [3.8, 4) is 0 Å². The van der Waals surface area contributed by atoms with Gasteiger partial charge in [0.05, 0.1) is 19.3 Å². The third-order valence-corrected chi connectivity index (χ3v) is 1.66. The SMILES string of the molecule is OCC1(O)CCC(O)CO1. The van der Waals surface area contributed by atoms with E-state index in [-0.39, 0.29) is 6.61 Å². The van der Waals surface area contributed by atoms with Gasteiger partial charge in [-0.2, -0.15) is 0 Å². The summed E-state index contributed by atoms with van der Waals surface area (Å²) in [6.45, 7) is -0.295. The summed E-state index contributed by atoms with van der Waals surface area (Å²) in [5.41, 5.74) is 0. The van der Waals surface area contributed by atoms with Crippen LogP contribution in [0.25, 0.3) is 0 Å². The molecular formula is C6H12O4. The Morgan fingerprint density at radius 3 is 2.70 bits per heavy atom. The Morgan fingerprint density at radius 2 is 2.30 bits per heavy atom. The summed E-state index contributed by atoms with van der Waals surface area (Å²) >= 11 is 0. The monoisotopic (exact) mass is 148 g/mol. The van der Waals surface area contributed by atoms with Gasteiger partial charge < -0.3 is 20.1 Å². The van der Waals surface area contributed by atoms with E-state index in [4.69, 9.17) is 14.9 Å². The van der Waals surface area contributed by atoms with Crippen LogP contribution in [0.15, 0.2) is 0 Å². The summed E-state index contributed by atoms with van der Waals surface area (Å²) < 4.78 is 4.78. The molecule has 2 atom stereocenters. The molecule has 0 bridgehead atoms. The molecule has 1 rings (SSSR count). The normalized spacial score (nSPS) is 41.7. The van der Waals surface area contributed by atoms with Crippen LogP contribution in [-0.2, 0) is 4.74 Å². The summed E-state index contributed by atoms with van der Waals surface area (Å²) in [6.07, 6.45) is 0.286. The van der Waals surface area contributed by atoms with Crippen molar-refractivity contribution in [3.63, 3.8) is 0 Å². The molecule has 1 aliphatic rings. The molecular weight excluding hydrogens is 136 g/mol. The molecule has 1 aliphatic heterocycles. The predicted molar refractivity (Wildman–Crippen MR) is 33.2 cm³/mol. The van der Waals surface area contributed by atoms with Crippen molar-refractivity contribution in [2.75, 3.05) is 13.2 Å². The van der Waals surface area contributed by atoms with Crippen LogP contribution in [-0.4, -0.2) is 40.4 Å². The average Bonchev–Trinajstić information content (AvgIpc) is 1.96. The molecule has 10 heavy (non-hydrogen) atoms. The van der Waals surface area contributed by atoms with Crippen molar-refractivity contribution in [2.45, 2.75) is 24.7 Å². The second-order valence-corrected chi connectivity index (χ2v) is 2.61. The fraction of sp³-hybridized carbons (Fsp3) is 1.00. The lowest BCUT2D eigenvalue weighted by Gasteiger charge is -2.32. The maximum atomic E-state index is 9.21. The lowest BCUT2D eigenvalue weighted by molar-refractivity contribution is -0.259. The molecule has 0 amide bonds. The van der Waals surface area contributed by atoms with E-state index in [9.17, 15) is 5.11 Å². The Bertz CT molecular complexity index is 106. The molecule has 0 aromatic carbocycles. The first-order valence-corrected chi connectivity index (χ1v) is 3.31. The van der Waals surface area contributed by atoms with Crippen LogP contribution in [0, 0.1) is 0 Å². The van der Waals surface area contributed by atoms with E-state index in [0.717, 1.165) is 0 Å². The quantitative estimate of drug-likeness (QED) is 0.438. The summed E-state index contributed by atoms with van der Waals surface area (Å²) in [4.78, 5) is 0. The van der Waals surface area contributed by atoms with Crippen LogP contribution in [0.5, 0.6) is 0 Å². The second kappa shape index (κ2) is 2.84. The largest absolute Gasteiger partial charge is 0.391 e. The first-order valence-electron chi connectivity index (χ1n) is 3.31. The number of hydrogen-bond acceptors (Lipinski definition) is 4. The third kappa shape index (κ3) is 1.67. The Morgan fingerprint density at radius 1 is 1.60 bits per heavy atom. The number of aliphatic hydroxyl groups is 3. The van der Waals surface area contributed by atoms with E-state index in [1.54, 1.807) is 0 Å². The van der Waals surface area contributed by atoms with Gasteiger partial charge >= 0.3 is 0 Å². The number of hydrogen-bond donors (Lipinski definition) is 3. The highest BCUT2D eigenvalue weighted by Crippen LogP contribution is 2.21. The topological polar surface area (TPSA) is 69.9 Å². The van der Waals surface area contributed by atoms with E-state index in [2.05, 4.69) is 0 Å². The summed E-state index contributed by atoms with van der Waals surface area (Å²) in [5, 5.41) is 26.7. The van der Waals surface area contributed by atoms with Crippen molar-refractivity contribution in [1.82, 2.24) is 0 Å². The highest BCUT2D eigenvalue weighted by Gasteiger charge is 2.32. The molecule has 0 saturated carbocycles.